The number of aryl methyl sites for hydroxylation is 2. The van der Waals surface area contributed by atoms with Crippen molar-refractivity contribution < 1.29 is 4.74 Å². The van der Waals surface area contributed by atoms with E-state index in [1.165, 1.54) is 11.1 Å². The van der Waals surface area contributed by atoms with Gasteiger partial charge in [0.25, 0.3) is 0 Å². The predicted octanol–water partition coefficient (Wildman–Crippen LogP) is 2.17. The van der Waals surface area contributed by atoms with Gasteiger partial charge >= 0.3 is 0 Å². The van der Waals surface area contributed by atoms with Crippen LogP contribution in [0.25, 0.3) is 0 Å². The first-order chi connectivity index (χ1) is 6.65. The minimum absolute atomic E-state index is 0.338. The fourth-order valence-electron chi connectivity index (χ4n) is 1.72. The molecule has 1 fully saturated rings. The van der Waals surface area contributed by atoms with Gasteiger partial charge in [0, 0.05) is 6.04 Å². The average Bonchev–Trinajstić information content (AvgIpc) is 2.09. The maximum absolute atomic E-state index is 5.85. The Hall–Kier alpha value is -1.02. The Labute approximate surface area is 85.1 Å². The summed E-state index contributed by atoms with van der Waals surface area (Å²) in [6, 6.07) is 6.65. The molecular weight excluding hydrogens is 174 g/mol. The molecule has 2 nitrogen and oxygen atoms in total. The van der Waals surface area contributed by atoms with Crippen LogP contribution in [0.1, 0.15) is 24.0 Å². The molecule has 2 heteroatoms. The monoisotopic (exact) mass is 191 g/mol. The van der Waals surface area contributed by atoms with Gasteiger partial charge in [-0.3, -0.25) is 0 Å². The van der Waals surface area contributed by atoms with E-state index in [0.717, 1.165) is 18.6 Å². The Bertz CT molecular complexity index is 329. The van der Waals surface area contributed by atoms with Gasteiger partial charge in [-0.2, -0.15) is 0 Å². The summed E-state index contributed by atoms with van der Waals surface area (Å²) < 4.78 is 5.85. The van der Waals surface area contributed by atoms with Crippen molar-refractivity contribution in [3.05, 3.63) is 29.3 Å². The van der Waals surface area contributed by atoms with E-state index in [9.17, 15) is 0 Å². The molecule has 14 heavy (non-hydrogen) atoms. The van der Waals surface area contributed by atoms with E-state index in [1.807, 2.05) is 0 Å². The molecule has 0 amide bonds. The Balaban J connectivity index is 2.05. The van der Waals surface area contributed by atoms with Crippen LogP contribution in [0.4, 0.5) is 0 Å². The number of hydrogen-bond acceptors (Lipinski definition) is 2. The van der Waals surface area contributed by atoms with E-state index in [0.29, 0.717) is 12.1 Å². The lowest BCUT2D eigenvalue weighted by Crippen LogP contribution is -2.43. The molecule has 0 radical (unpaired) electrons. The van der Waals surface area contributed by atoms with E-state index in [2.05, 4.69) is 32.0 Å². The summed E-state index contributed by atoms with van der Waals surface area (Å²) in [7, 11) is 0. The highest BCUT2D eigenvalue weighted by molar-refractivity contribution is 5.36. The van der Waals surface area contributed by atoms with E-state index in [-0.39, 0.29) is 0 Å². The first kappa shape index (κ1) is 9.53. The highest BCUT2D eigenvalue weighted by Crippen LogP contribution is 2.27. The van der Waals surface area contributed by atoms with Crippen LogP contribution in [-0.4, -0.2) is 12.1 Å². The predicted molar refractivity (Wildman–Crippen MR) is 57.5 cm³/mol. The lowest BCUT2D eigenvalue weighted by atomic mass is 9.90. The number of rotatable bonds is 2. The van der Waals surface area contributed by atoms with Gasteiger partial charge < -0.3 is 10.5 Å². The Morgan fingerprint density at radius 3 is 2.64 bits per heavy atom. The highest BCUT2D eigenvalue weighted by atomic mass is 16.5. The van der Waals surface area contributed by atoms with Crippen LogP contribution >= 0.6 is 0 Å². The lowest BCUT2D eigenvalue weighted by molar-refractivity contribution is 0.100. The van der Waals surface area contributed by atoms with Crippen LogP contribution in [0.3, 0.4) is 0 Å². The molecule has 1 aliphatic rings. The van der Waals surface area contributed by atoms with Crippen LogP contribution in [0.15, 0.2) is 18.2 Å². The molecule has 2 rings (SSSR count). The normalized spacial score (nSPS) is 25.6. The molecule has 0 atom stereocenters. The number of benzene rings is 1. The van der Waals surface area contributed by atoms with Crippen molar-refractivity contribution in [2.24, 2.45) is 5.73 Å². The smallest absolute Gasteiger partial charge is 0.122 e. The molecule has 1 aromatic rings. The third-order valence-electron chi connectivity index (χ3n) is 2.77. The van der Waals surface area contributed by atoms with Crippen molar-refractivity contribution in [2.45, 2.75) is 38.8 Å². The summed E-state index contributed by atoms with van der Waals surface area (Å²) >= 11 is 0. The van der Waals surface area contributed by atoms with Gasteiger partial charge in [0.1, 0.15) is 11.9 Å². The molecule has 0 spiro atoms. The molecule has 2 N–H and O–H groups in total. The lowest BCUT2D eigenvalue weighted by Gasteiger charge is -2.33. The molecular formula is C12H17NO. The topological polar surface area (TPSA) is 35.2 Å². The summed E-state index contributed by atoms with van der Waals surface area (Å²) in [5, 5.41) is 0. The zero-order chi connectivity index (χ0) is 10.1. The van der Waals surface area contributed by atoms with E-state index in [4.69, 9.17) is 10.5 Å². The zero-order valence-electron chi connectivity index (χ0n) is 8.79. The Morgan fingerprint density at radius 1 is 1.29 bits per heavy atom. The zero-order valence-corrected chi connectivity index (χ0v) is 8.79. The minimum Gasteiger partial charge on any atom is -0.490 e. The third-order valence-corrected chi connectivity index (χ3v) is 2.77. The molecule has 0 aliphatic heterocycles. The SMILES string of the molecule is Cc1ccc(C)c(OC2CC(N)C2)c1. The maximum Gasteiger partial charge on any atom is 0.122 e. The van der Waals surface area contributed by atoms with Gasteiger partial charge in [-0.15, -0.1) is 0 Å². The number of nitrogens with two attached hydrogens (primary N) is 1. The summed E-state index contributed by atoms with van der Waals surface area (Å²) in [5.74, 6) is 1.02. The molecule has 0 bridgehead atoms. The van der Waals surface area contributed by atoms with Gasteiger partial charge in [0.15, 0.2) is 0 Å². The Kier molecular flexibility index (Phi) is 2.46. The van der Waals surface area contributed by atoms with E-state index >= 15 is 0 Å². The van der Waals surface area contributed by atoms with Crippen molar-refractivity contribution in [1.82, 2.24) is 0 Å². The van der Waals surface area contributed by atoms with Crippen molar-refractivity contribution in [2.75, 3.05) is 0 Å². The van der Waals surface area contributed by atoms with E-state index in [1.54, 1.807) is 0 Å². The molecule has 76 valence electrons. The highest BCUT2D eigenvalue weighted by Gasteiger charge is 2.27. The van der Waals surface area contributed by atoms with Gasteiger partial charge in [-0.05, 0) is 43.9 Å². The van der Waals surface area contributed by atoms with Crippen LogP contribution in [0.2, 0.25) is 0 Å². The molecule has 0 aromatic heterocycles. The maximum atomic E-state index is 5.85. The second-order valence-electron chi connectivity index (χ2n) is 4.24. The third kappa shape index (κ3) is 1.90. The molecule has 0 unspecified atom stereocenters. The first-order valence-electron chi connectivity index (χ1n) is 5.14. The minimum atomic E-state index is 0.338. The Morgan fingerprint density at radius 2 is 2.00 bits per heavy atom. The van der Waals surface area contributed by atoms with Crippen molar-refractivity contribution in [3.8, 4) is 5.75 Å². The van der Waals surface area contributed by atoms with Crippen LogP contribution in [0, 0.1) is 13.8 Å². The molecule has 0 heterocycles. The van der Waals surface area contributed by atoms with Crippen LogP contribution < -0.4 is 10.5 Å². The van der Waals surface area contributed by atoms with Crippen LogP contribution in [-0.2, 0) is 0 Å². The van der Waals surface area contributed by atoms with Gasteiger partial charge in [-0.25, -0.2) is 0 Å². The molecule has 1 aliphatic carbocycles. The number of hydrogen-bond donors (Lipinski definition) is 1. The standard InChI is InChI=1S/C12H17NO/c1-8-3-4-9(2)12(5-8)14-11-6-10(13)7-11/h3-5,10-11H,6-7,13H2,1-2H3. The molecule has 1 saturated carbocycles. The summed E-state index contributed by atoms with van der Waals surface area (Å²) in [6.07, 6.45) is 2.33. The molecule has 0 saturated heterocycles. The van der Waals surface area contributed by atoms with Gasteiger partial charge in [-0.1, -0.05) is 12.1 Å². The average molecular weight is 191 g/mol. The van der Waals surface area contributed by atoms with Crippen molar-refractivity contribution in [3.63, 3.8) is 0 Å². The largest absolute Gasteiger partial charge is 0.490 e. The quantitative estimate of drug-likeness (QED) is 0.777. The van der Waals surface area contributed by atoms with Crippen molar-refractivity contribution >= 4 is 0 Å². The summed E-state index contributed by atoms with van der Waals surface area (Å²) in [5.41, 5.74) is 8.16. The van der Waals surface area contributed by atoms with E-state index < -0.39 is 0 Å². The summed E-state index contributed by atoms with van der Waals surface area (Å²) in [6.45, 7) is 4.16. The fraction of sp³-hybridized carbons (Fsp3) is 0.500. The van der Waals surface area contributed by atoms with Gasteiger partial charge in [0.05, 0.1) is 0 Å². The fourth-order valence-corrected chi connectivity index (χ4v) is 1.72. The summed E-state index contributed by atoms with van der Waals surface area (Å²) in [4.78, 5) is 0. The van der Waals surface area contributed by atoms with Crippen molar-refractivity contribution in [1.29, 1.82) is 0 Å². The van der Waals surface area contributed by atoms with Crippen LogP contribution in [0.5, 0.6) is 5.75 Å². The second kappa shape index (κ2) is 3.62. The van der Waals surface area contributed by atoms with Gasteiger partial charge in [0.2, 0.25) is 0 Å². The first-order valence-corrected chi connectivity index (χ1v) is 5.14. The molecule has 1 aromatic carbocycles. The second-order valence-corrected chi connectivity index (χ2v) is 4.24. The number of ether oxygens (including phenoxy) is 1.